The Morgan fingerprint density at radius 1 is 1.32 bits per heavy atom. The molecule has 2 unspecified atom stereocenters. The summed E-state index contributed by atoms with van der Waals surface area (Å²) in [5.74, 6) is -2.71. The van der Waals surface area contributed by atoms with E-state index in [-0.39, 0.29) is 6.42 Å². The minimum Gasteiger partial charge on any atom is -0.479 e. The van der Waals surface area contributed by atoms with E-state index < -0.39 is 53.5 Å². The summed E-state index contributed by atoms with van der Waals surface area (Å²) < 4.78 is 38.3. The van der Waals surface area contributed by atoms with Crippen LogP contribution in [0.15, 0.2) is 0 Å². The van der Waals surface area contributed by atoms with Crippen LogP contribution in [-0.2, 0) is 24.1 Å². The molecule has 0 amide bonds. The summed E-state index contributed by atoms with van der Waals surface area (Å²) in [6, 6.07) is 0. The lowest BCUT2D eigenvalue weighted by Gasteiger charge is -2.40. The Kier molecular flexibility index (Phi) is 5.20. The predicted molar refractivity (Wildman–Crippen MR) is 56.1 cm³/mol. The number of rotatable bonds is 5. The van der Waals surface area contributed by atoms with Crippen molar-refractivity contribution in [1.29, 1.82) is 0 Å². The van der Waals surface area contributed by atoms with Crippen LogP contribution in [0.5, 0.6) is 0 Å². The molecule has 1 heterocycles. The maximum atomic E-state index is 10.9. The lowest BCUT2D eigenvalue weighted by atomic mass is 9.86. The van der Waals surface area contributed by atoms with Crippen molar-refractivity contribution in [2.75, 3.05) is 6.61 Å². The average Bonchev–Trinajstić information content (AvgIpc) is 2.26. The summed E-state index contributed by atoms with van der Waals surface area (Å²) in [6.07, 6.45) is -7.58. The Hall–Kier alpha value is -0.820. The highest BCUT2D eigenvalue weighted by molar-refractivity contribution is 7.80. The molecular weight excluding hydrogens is 288 g/mol. The molecule has 11 heteroatoms. The van der Waals surface area contributed by atoms with Gasteiger partial charge >= 0.3 is 16.4 Å². The fourth-order valence-corrected chi connectivity index (χ4v) is 2.37. The molecule has 1 saturated heterocycles. The van der Waals surface area contributed by atoms with E-state index >= 15 is 0 Å². The van der Waals surface area contributed by atoms with E-state index in [4.69, 9.17) is 14.8 Å². The minimum atomic E-state index is -4.98. The molecule has 0 saturated carbocycles. The maximum Gasteiger partial charge on any atom is 0.397 e. The van der Waals surface area contributed by atoms with Gasteiger partial charge in [-0.3, -0.25) is 4.55 Å². The topological polar surface area (TPSA) is 171 Å². The minimum absolute atomic E-state index is 0.226. The van der Waals surface area contributed by atoms with E-state index in [1.807, 2.05) is 0 Å². The zero-order chi connectivity index (χ0) is 14.8. The van der Waals surface area contributed by atoms with Gasteiger partial charge in [-0.25, -0.2) is 8.98 Å². The van der Waals surface area contributed by atoms with Crippen LogP contribution in [0.3, 0.4) is 0 Å². The van der Waals surface area contributed by atoms with Crippen LogP contribution in [0.1, 0.15) is 6.42 Å². The highest BCUT2D eigenvalue weighted by atomic mass is 32.3. The lowest BCUT2D eigenvalue weighted by molar-refractivity contribution is -0.263. The molecule has 0 radical (unpaired) electrons. The third-order valence-electron chi connectivity index (χ3n) is 2.67. The van der Waals surface area contributed by atoms with Crippen molar-refractivity contribution in [2.24, 2.45) is 5.92 Å². The summed E-state index contributed by atoms with van der Waals surface area (Å²) in [4.78, 5) is 10.9. The largest absolute Gasteiger partial charge is 0.479 e. The molecule has 0 aromatic carbocycles. The van der Waals surface area contributed by atoms with Gasteiger partial charge in [0.25, 0.3) is 0 Å². The van der Waals surface area contributed by atoms with Gasteiger partial charge in [-0.15, -0.1) is 0 Å². The normalized spacial score (nSPS) is 36.1. The van der Waals surface area contributed by atoms with Crippen LogP contribution < -0.4 is 0 Å². The van der Waals surface area contributed by atoms with Gasteiger partial charge in [0.1, 0.15) is 0 Å². The Morgan fingerprint density at radius 3 is 2.32 bits per heavy atom. The molecular formula is C8H14O10S. The number of aliphatic carboxylic acids is 1. The van der Waals surface area contributed by atoms with E-state index in [2.05, 4.69) is 8.92 Å². The number of hydrogen-bond acceptors (Lipinski definition) is 8. The highest BCUT2D eigenvalue weighted by Gasteiger charge is 2.49. The van der Waals surface area contributed by atoms with Crippen LogP contribution in [0.4, 0.5) is 0 Å². The fourth-order valence-electron chi connectivity index (χ4n) is 1.88. The molecule has 1 aliphatic rings. The first kappa shape index (κ1) is 16.2. The fraction of sp³-hybridized carbons (Fsp3) is 0.875. The van der Waals surface area contributed by atoms with Crippen molar-refractivity contribution in [1.82, 2.24) is 0 Å². The molecule has 5 N–H and O–H groups in total. The van der Waals surface area contributed by atoms with Crippen LogP contribution in [0.25, 0.3) is 0 Å². The molecule has 0 bridgehead atoms. The second-order valence-electron chi connectivity index (χ2n) is 3.94. The van der Waals surface area contributed by atoms with Gasteiger partial charge in [-0.1, -0.05) is 0 Å². The van der Waals surface area contributed by atoms with Crippen molar-refractivity contribution in [2.45, 2.75) is 31.0 Å². The molecule has 5 atom stereocenters. The van der Waals surface area contributed by atoms with E-state index in [1.54, 1.807) is 0 Å². The Labute approximate surface area is 108 Å². The van der Waals surface area contributed by atoms with Crippen molar-refractivity contribution in [3.8, 4) is 0 Å². The van der Waals surface area contributed by atoms with Crippen molar-refractivity contribution in [3.63, 3.8) is 0 Å². The summed E-state index contributed by atoms with van der Waals surface area (Å²) >= 11 is 0. The van der Waals surface area contributed by atoms with Gasteiger partial charge in [0.15, 0.2) is 18.5 Å². The number of aliphatic hydroxyl groups excluding tert-OH is 3. The predicted octanol–water partition coefficient (Wildman–Crippen LogP) is -2.66. The third kappa shape index (κ3) is 4.07. The Morgan fingerprint density at radius 2 is 1.89 bits per heavy atom. The quantitative estimate of drug-likeness (QED) is 0.337. The average molecular weight is 302 g/mol. The molecule has 1 fully saturated rings. The smallest absolute Gasteiger partial charge is 0.397 e. The highest BCUT2D eigenvalue weighted by Crippen LogP contribution is 2.30. The summed E-state index contributed by atoms with van der Waals surface area (Å²) in [6.45, 7) is -0.496. The SMILES string of the molecule is O=C(O)C1O[C@@H](O)C(OS(=O)(=O)O)[C@H](O)[C@@H]1CCO. The van der Waals surface area contributed by atoms with Crippen molar-refractivity contribution in [3.05, 3.63) is 0 Å². The second kappa shape index (κ2) is 6.09. The molecule has 0 aromatic rings. The molecule has 0 spiro atoms. The van der Waals surface area contributed by atoms with Gasteiger partial charge in [0.05, 0.1) is 6.10 Å². The van der Waals surface area contributed by atoms with Gasteiger partial charge < -0.3 is 25.2 Å². The Bertz CT molecular complexity index is 419. The molecule has 10 nitrogen and oxygen atoms in total. The van der Waals surface area contributed by atoms with Gasteiger partial charge in [0, 0.05) is 12.5 Å². The van der Waals surface area contributed by atoms with E-state index in [1.165, 1.54) is 0 Å². The van der Waals surface area contributed by atoms with Crippen LogP contribution >= 0.6 is 0 Å². The van der Waals surface area contributed by atoms with Gasteiger partial charge in [-0.2, -0.15) is 8.42 Å². The van der Waals surface area contributed by atoms with Crippen LogP contribution in [0, 0.1) is 5.92 Å². The summed E-state index contributed by atoms with van der Waals surface area (Å²) in [7, 11) is -4.98. The summed E-state index contributed by atoms with van der Waals surface area (Å²) in [5.41, 5.74) is 0. The number of ether oxygens (including phenoxy) is 1. The maximum absolute atomic E-state index is 10.9. The molecule has 1 rings (SSSR count). The molecule has 19 heavy (non-hydrogen) atoms. The van der Waals surface area contributed by atoms with Gasteiger partial charge in [-0.05, 0) is 6.42 Å². The summed E-state index contributed by atoms with van der Waals surface area (Å²) in [5, 5.41) is 36.8. The lowest BCUT2D eigenvalue weighted by Crippen LogP contribution is -2.58. The number of aliphatic hydroxyl groups is 3. The number of carboxylic acids is 1. The zero-order valence-electron chi connectivity index (χ0n) is 9.49. The third-order valence-corrected chi connectivity index (χ3v) is 3.14. The number of hydrogen-bond donors (Lipinski definition) is 5. The first-order chi connectivity index (χ1) is 8.67. The van der Waals surface area contributed by atoms with Crippen molar-refractivity contribution < 1.29 is 47.1 Å². The van der Waals surface area contributed by atoms with Crippen LogP contribution in [0.2, 0.25) is 0 Å². The zero-order valence-corrected chi connectivity index (χ0v) is 10.3. The first-order valence-electron chi connectivity index (χ1n) is 5.18. The van der Waals surface area contributed by atoms with Gasteiger partial charge in [0.2, 0.25) is 0 Å². The molecule has 112 valence electrons. The Balaban J connectivity index is 2.96. The van der Waals surface area contributed by atoms with Crippen molar-refractivity contribution >= 4 is 16.4 Å². The number of carbonyl (C=O) groups is 1. The molecule has 0 aromatic heterocycles. The molecule has 0 aliphatic carbocycles. The monoisotopic (exact) mass is 302 g/mol. The first-order valence-corrected chi connectivity index (χ1v) is 6.55. The van der Waals surface area contributed by atoms with E-state index in [9.17, 15) is 23.4 Å². The van der Waals surface area contributed by atoms with Crippen LogP contribution in [-0.4, -0.2) is 70.6 Å². The van der Waals surface area contributed by atoms with E-state index in [0.717, 1.165) is 0 Å². The standard InChI is InChI=1S/C8H14O10S/c9-2-1-3-4(10)6(18-19(14,15)16)8(13)17-5(3)7(11)12/h3-6,8-10,13H,1-2H2,(H,11,12)(H,14,15,16)/t3-,4+,5?,6?,8+/m0/s1. The van der Waals surface area contributed by atoms with E-state index in [0.29, 0.717) is 0 Å². The second-order valence-corrected chi connectivity index (χ2v) is 4.99. The molecule has 1 aliphatic heterocycles. The number of carboxylic acid groups (broad SMARTS) is 1.